The van der Waals surface area contributed by atoms with Crippen LogP contribution in [0, 0.1) is 0 Å². The average molecular weight is 185 g/mol. The SMILES string of the molecule is C=C1NC(C)(C)NN1CC(C)(C)O. The van der Waals surface area contributed by atoms with E-state index in [1.165, 1.54) is 0 Å². The summed E-state index contributed by atoms with van der Waals surface area (Å²) >= 11 is 0. The van der Waals surface area contributed by atoms with Crippen LogP contribution in [-0.2, 0) is 0 Å². The van der Waals surface area contributed by atoms with E-state index < -0.39 is 5.60 Å². The average Bonchev–Trinajstić information content (AvgIpc) is 2.00. The number of hydrogen-bond donors (Lipinski definition) is 3. The van der Waals surface area contributed by atoms with E-state index in [0.29, 0.717) is 6.54 Å². The highest BCUT2D eigenvalue weighted by Crippen LogP contribution is 2.16. The Labute approximate surface area is 79.6 Å². The summed E-state index contributed by atoms with van der Waals surface area (Å²) in [6, 6.07) is 0. The second-order valence-electron chi connectivity index (χ2n) is 4.71. The van der Waals surface area contributed by atoms with Crippen LogP contribution in [-0.4, -0.2) is 27.9 Å². The lowest BCUT2D eigenvalue weighted by molar-refractivity contribution is 0.0331. The first-order valence-corrected chi connectivity index (χ1v) is 4.44. The van der Waals surface area contributed by atoms with Gasteiger partial charge in [0.15, 0.2) is 0 Å². The smallest absolute Gasteiger partial charge is 0.110 e. The first kappa shape index (κ1) is 10.3. The Morgan fingerprint density at radius 1 is 1.54 bits per heavy atom. The Morgan fingerprint density at radius 3 is 2.38 bits per heavy atom. The molecule has 1 heterocycles. The van der Waals surface area contributed by atoms with Gasteiger partial charge in [-0.25, -0.2) is 5.43 Å². The van der Waals surface area contributed by atoms with Gasteiger partial charge in [0.25, 0.3) is 0 Å². The molecule has 1 aliphatic heterocycles. The van der Waals surface area contributed by atoms with Crippen molar-refractivity contribution < 1.29 is 5.11 Å². The summed E-state index contributed by atoms with van der Waals surface area (Å²) in [4.78, 5) is 0. The summed E-state index contributed by atoms with van der Waals surface area (Å²) in [7, 11) is 0. The number of β-amino-alcohol motifs (C(OH)–C–C–N with tert-alkyl or cyclic N) is 1. The first-order valence-electron chi connectivity index (χ1n) is 4.44. The highest BCUT2D eigenvalue weighted by molar-refractivity contribution is 5.03. The molecule has 0 atom stereocenters. The Balaban J connectivity index is 2.59. The maximum atomic E-state index is 9.62. The van der Waals surface area contributed by atoms with Gasteiger partial charge >= 0.3 is 0 Å². The number of nitrogens with one attached hydrogen (secondary N) is 2. The predicted octanol–water partition coefficient (Wildman–Crippen LogP) is 0.374. The van der Waals surface area contributed by atoms with E-state index in [4.69, 9.17) is 0 Å². The molecule has 0 aromatic heterocycles. The number of hydrogen-bond acceptors (Lipinski definition) is 4. The third kappa shape index (κ3) is 2.90. The summed E-state index contributed by atoms with van der Waals surface area (Å²) in [5.74, 6) is 0.798. The highest BCUT2D eigenvalue weighted by atomic mass is 16.3. The zero-order chi connectivity index (χ0) is 10.3. The van der Waals surface area contributed by atoms with Crippen LogP contribution in [0.15, 0.2) is 12.4 Å². The van der Waals surface area contributed by atoms with Gasteiger partial charge in [-0.05, 0) is 27.7 Å². The van der Waals surface area contributed by atoms with Crippen molar-refractivity contribution in [3.8, 4) is 0 Å². The van der Waals surface area contributed by atoms with E-state index in [1.807, 2.05) is 18.9 Å². The van der Waals surface area contributed by atoms with Gasteiger partial charge in [-0.15, -0.1) is 0 Å². The molecule has 13 heavy (non-hydrogen) atoms. The molecule has 1 saturated heterocycles. The first-order chi connectivity index (χ1) is 5.70. The van der Waals surface area contributed by atoms with Crippen molar-refractivity contribution in [2.75, 3.05) is 6.54 Å². The quantitative estimate of drug-likeness (QED) is 0.582. The minimum Gasteiger partial charge on any atom is -0.389 e. The van der Waals surface area contributed by atoms with Crippen LogP contribution in [0.25, 0.3) is 0 Å². The molecule has 4 heteroatoms. The molecule has 3 N–H and O–H groups in total. The fraction of sp³-hybridized carbons (Fsp3) is 0.778. The molecule has 1 rings (SSSR count). The maximum absolute atomic E-state index is 9.62. The normalized spacial score (nSPS) is 21.9. The van der Waals surface area contributed by atoms with Gasteiger partial charge in [-0.1, -0.05) is 6.58 Å². The van der Waals surface area contributed by atoms with Gasteiger partial charge in [0.2, 0.25) is 0 Å². The van der Waals surface area contributed by atoms with Gasteiger partial charge in [-0.3, -0.25) is 5.01 Å². The standard InChI is InChI=1S/C9H19N3O/c1-7-10-9(4,5)11-12(7)6-8(2,3)13/h10-11,13H,1,6H2,2-5H3. The third-order valence-electron chi connectivity index (χ3n) is 1.74. The van der Waals surface area contributed by atoms with Crippen LogP contribution in [0.5, 0.6) is 0 Å². The predicted molar refractivity (Wildman–Crippen MR) is 52.5 cm³/mol. The molecular formula is C9H19N3O. The highest BCUT2D eigenvalue weighted by Gasteiger charge is 2.32. The molecule has 0 amide bonds. The zero-order valence-corrected chi connectivity index (χ0v) is 8.81. The lowest BCUT2D eigenvalue weighted by atomic mass is 10.1. The molecule has 0 saturated carbocycles. The third-order valence-corrected chi connectivity index (χ3v) is 1.74. The van der Waals surface area contributed by atoms with Crippen molar-refractivity contribution >= 4 is 0 Å². The monoisotopic (exact) mass is 185 g/mol. The number of hydrazine groups is 1. The van der Waals surface area contributed by atoms with Crippen molar-refractivity contribution in [3.63, 3.8) is 0 Å². The van der Waals surface area contributed by atoms with Gasteiger partial charge < -0.3 is 10.4 Å². The molecule has 0 aromatic carbocycles. The number of aliphatic hydroxyl groups is 1. The molecule has 0 spiro atoms. The minimum atomic E-state index is -0.724. The minimum absolute atomic E-state index is 0.178. The van der Waals surface area contributed by atoms with E-state index >= 15 is 0 Å². The van der Waals surface area contributed by atoms with E-state index in [1.54, 1.807) is 13.8 Å². The second-order valence-corrected chi connectivity index (χ2v) is 4.71. The molecule has 0 aromatic rings. The molecule has 0 unspecified atom stereocenters. The molecule has 1 fully saturated rings. The van der Waals surface area contributed by atoms with Crippen molar-refractivity contribution in [1.82, 2.24) is 15.8 Å². The van der Waals surface area contributed by atoms with Crippen molar-refractivity contribution in [3.05, 3.63) is 12.4 Å². The molecule has 0 aliphatic carbocycles. The van der Waals surface area contributed by atoms with E-state index in [2.05, 4.69) is 17.3 Å². The molecule has 1 aliphatic rings. The molecule has 0 radical (unpaired) electrons. The van der Waals surface area contributed by atoms with Crippen LogP contribution in [0.1, 0.15) is 27.7 Å². The molecule has 0 bridgehead atoms. The number of nitrogens with zero attached hydrogens (tertiary/aromatic N) is 1. The summed E-state index contributed by atoms with van der Waals surface area (Å²) in [5.41, 5.74) is 2.30. The molecular weight excluding hydrogens is 166 g/mol. The molecule has 76 valence electrons. The molecule has 4 nitrogen and oxygen atoms in total. The second kappa shape index (κ2) is 2.89. The summed E-state index contributed by atoms with van der Waals surface area (Å²) in [6.45, 7) is 11.9. The van der Waals surface area contributed by atoms with E-state index in [0.717, 1.165) is 5.82 Å². The Bertz CT molecular complexity index is 217. The number of rotatable bonds is 2. The lowest BCUT2D eigenvalue weighted by Crippen LogP contribution is -2.48. The van der Waals surface area contributed by atoms with Gasteiger partial charge in [0.05, 0.1) is 12.1 Å². The van der Waals surface area contributed by atoms with Crippen LogP contribution >= 0.6 is 0 Å². The van der Waals surface area contributed by atoms with Crippen molar-refractivity contribution in [1.29, 1.82) is 0 Å². The van der Waals surface area contributed by atoms with Gasteiger partial charge in [-0.2, -0.15) is 0 Å². The fourth-order valence-corrected chi connectivity index (χ4v) is 1.38. The summed E-state index contributed by atoms with van der Waals surface area (Å²) in [5, 5.41) is 14.6. The van der Waals surface area contributed by atoms with Crippen LogP contribution in [0.4, 0.5) is 0 Å². The van der Waals surface area contributed by atoms with Gasteiger partial charge in [0.1, 0.15) is 11.5 Å². The van der Waals surface area contributed by atoms with Crippen molar-refractivity contribution in [2.24, 2.45) is 0 Å². The maximum Gasteiger partial charge on any atom is 0.110 e. The largest absolute Gasteiger partial charge is 0.389 e. The Morgan fingerprint density at radius 2 is 2.08 bits per heavy atom. The summed E-state index contributed by atoms with van der Waals surface area (Å²) in [6.07, 6.45) is 0. The lowest BCUT2D eigenvalue weighted by Gasteiger charge is -2.27. The fourth-order valence-electron chi connectivity index (χ4n) is 1.38. The van der Waals surface area contributed by atoms with E-state index in [-0.39, 0.29) is 5.66 Å². The van der Waals surface area contributed by atoms with Crippen LogP contribution in [0.2, 0.25) is 0 Å². The van der Waals surface area contributed by atoms with E-state index in [9.17, 15) is 5.11 Å². The van der Waals surface area contributed by atoms with Crippen LogP contribution in [0.3, 0.4) is 0 Å². The Kier molecular flexibility index (Phi) is 2.30. The van der Waals surface area contributed by atoms with Crippen LogP contribution < -0.4 is 10.7 Å². The zero-order valence-electron chi connectivity index (χ0n) is 8.81. The topological polar surface area (TPSA) is 47.5 Å². The van der Waals surface area contributed by atoms with Crippen molar-refractivity contribution in [2.45, 2.75) is 39.0 Å². The Hall–Kier alpha value is -0.740. The van der Waals surface area contributed by atoms with Gasteiger partial charge in [0, 0.05) is 0 Å². The summed E-state index contributed by atoms with van der Waals surface area (Å²) < 4.78 is 0.